The van der Waals surface area contributed by atoms with Gasteiger partial charge in [0, 0.05) is 12.4 Å². The lowest BCUT2D eigenvalue weighted by Crippen LogP contribution is -2.25. The van der Waals surface area contributed by atoms with E-state index < -0.39 is 17.3 Å². The van der Waals surface area contributed by atoms with Crippen molar-refractivity contribution in [1.82, 2.24) is 9.78 Å². The minimum Gasteiger partial charge on any atom is -0.361 e. The van der Waals surface area contributed by atoms with Crippen LogP contribution in [-0.4, -0.2) is 9.78 Å². The van der Waals surface area contributed by atoms with Crippen LogP contribution in [-0.2, 0) is 19.6 Å². The third kappa shape index (κ3) is 3.07. The van der Waals surface area contributed by atoms with Crippen molar-refractivity contribution in [3.8, 4) is 0 Å². The SMILES string of the molecule is Cn1nc(NC2CCCc3ccccc32)c2c(C(F)(F)F)cccc2c1=O. The molecule has 1 unspecified atom stereocenters. The lowest BCUT2D eigenvalue weighted by molar-refractivity contribution is -0.136. The molecule has 1 N–H and O–H groups in total. The topological polar surface area (TPSA) is 46.9 Å². The van der Waals surface area contributed by atoms with Crippen molar-refractivity contribution >= 4 is 16.6 Å². The molecule has 0 amide bonds. The van der Waals surface area contributed by atoms with Gasteiger partial charge in [0.25, 0.3) is 5.56 Å². The van der Waals surface area contributed by atoms with E-state index in [9.17, 15) is 18.0 Å². The number of aromatic nitrogens is 2. The summed E-state index contributed by atoms with van der Waals surface area (Å²) in [6.45, 7) is 0. The molecule has 0 spiro atoms. The van der Waals surface area contributed by atoms with Crippen LogP contribution in [0.1, 0.15) is 35.6 Å². The fraction of sp³-hybridized carbons (Fsp3) is 0.300. The Kier molecular flexibility index (Phi) is 4.17. The van der Waals surface area contributed by atoms with Crippen molar-refractivity contribution in [1.29, 1.82) is 0 Å². The normalized spacial score (nSPS) is 17.0. The molecule has 1 aliphatic carbocycles. The minimum atomic E-state index is -4.57. The van der Waals surface area contributed by atoms with E-state index >= 15 is 0 Å². The van der Waals surface area contributed by atoms with Gasteiger partial charge in [-0.3, -0.25) is 4.79 Å². The number of benzene rings is 2. The Morgan fingerprint density at radius 1 is 1.15 bits per heavy atom. The largest absolute Gasteiger partial charge is 0.417 e. The highest BCUT2D eigenvalue weighted by atomic mass is 19.4. The smallest absolute Gasteiger partial charge is 0.361 e. The van der Waals surface area contributed by atoms with Gasteiger partial charge >= 0.3 is 6.18 Å². The van der Waals surface area contributed by atoms with Gasteiger partial charge in [0.2, 0.25) is 0 Å². The second-order valence-electron chi connectivity index (χ2n) is 6.79. The molecule has 3 aromatic rings. The van der Waals surface area contributed by atoms with E-state index in [4.69, 9.17) is 0 Å². The van der Waals surface area contributed by atoms with Gasteiger partial charge in [-0.05, 0) is 42.5 Å². The predicted molar refractivity (Wildman–Crippen MR) is 97.7 cm³/mol. The van der Waals surface area contributed by atoms with Gasteiger partial charge in [-0.25, -0.2) is 4.68 Å². The lowest BCUT2D eigenvalue weighted by Gasteiger charge is -2.27. The molecule has 4 nitrogen and oxygen atoms in total. The van der Waals surface area contributed by atoms with Gasteiger partial charge in [-0.2, -0.15) is 18.3 Å². The van der Waals surface area contributed by atoms with Crippen LogP contribution in [0.5, 0.6) is 0 Å². The summed E-state index contributed by atoms with van der Waals surface area (Å²) in [5.41, 5.74) is 0.853. The first-order valence-electron chi connectivity index (χ1n) is 8.78. The Hall–Kier alpha value is -2.83. The lowest BCUT2D eigenvalue weighted by atomic mass is 9.87. The van der Waals surface area contributed by atoms with E-state index in [1.807, 2.05) is 24.3 Å². The number of rotatable bonds is 2. The first-order valence-corrected chi connectivity index (χ1v) is 8.78. The van der Waals surface area contributed by atoms with Crippen LogP contribution < -0.4 is 10.9 Å². The summed E-state index contributed by atoms with van der Waals surface area (Å²) in [5.74, 6) is 0.0849. The molecule has 27 heavy (non-hydrogen) atoms. The molecule has 0 radical (unpaired) electrons. The number of fused-ring (bicyclic) bond motifs is 2. The van der Waals surface area contributed by atoms with Gasteiger partial charge in [-0.15, -0.1) is 0 Å². The number of alkyl halides is 3. The van der Waals surface area contributed by atoms with Crippen LogP contribution in [0, 0.1) is 0 Å². The average molecular weight is 373 g/mol. The summed E-state index contributed by atoms with van der Waals surface area (Å²) in [6, 6.07) is 11.4. The Morgan fingerprint density at radius 2 is 1.93 bits per heavy atom. The molecule has 1 atom stereocenters. The molecular weight excluding hydrogens is 355 g/mol. The molecule has 1 aromatic heterocycles. The molecule has 1 heterocycles. The monoisotopic (exact) mass is 373 g/mol. The van der Waals surface area contributed by atoms with Crippen LogP contribution in [0.2, 0.25) is 0 Å². The van der Waals surface area contributed by atoms with Crippen LogP contribution in [0.25, 0.3) is 10.8 Å². The number of anilines is 1. The van der Waals surface area contributed by atoms with E-state index in [2.05, 4.69) is 10.4 Å². The van der Waals surface area contributed by atoms with E-state index in [1.54, 1.807) is 0 Å². The van der Waals surface area contributed by atoms with Crippen LogP contribution in [0.4, 0.5) is 19.0 Å². The first-order chi connectivity index (χ1) is 12.9. The fourth-order valence-corrected chi connectivity index (χ4v) is 3.81. The van der Waals surface area contributed by atoms with Crippen molar-refractivity contribution in [3.63, 3.8) is 0 Å². The molecule has 0 bridgehead atoms. The molecule has 4 rings (SSSR count). The Bertz CT molecular complexity index is 1070. The number of nitrogens with zero attached hydrogens (tertiary/aromatic N) is 2. The van der Waals surface area contributed by atoms with Crippen molar-refractivity contribution in [2.24, 2.45) is 7.05 Å². The van der Waals surface area contributed by atoms with Crippen molar-refractivity contribution in [2.75, 3.05) is 5.32 Å². The predicted octanol–water partition coefficient (Wildman–Crippen LogP) is 4.44. The van der Waals surface area contributed by atoms with E-state index in [0.29, 0.717) is 0 Å². The maximum atomic E-state index is 13.6. The second-order valence-corrected chi connectivity index (χ2v) is 6.79. The quantitative estimate of drug-likeness (QED) is 0.722. The van der Waals surface area contributed by atoms with E-state index in [1.165, 1.54) is 24.7 Å². The average Bonchev–Trinajstić information content (AvgIpc) is 2.65. The Balaban J connectivity index is 1.90. The van der Waals surface area contributed by atoms with Crippen LogP contribution in [0.15, 0.2) is 47.3 Å². The summed E-state index contributed by atoms with van der Waals surface area (Å²) in [4.78, 5) is 12.4. The number of hydrogen-bond donors (Lipinski definition) is 1. The van der Waals surface area contributed by atoms with Crippen LogP contribution in [0.3, 0.4) is 0 Å². The third-order valence-electron chi connectivity index (χ3n) is 5.06. The first kappa shape index (κ1) is 17.6. The number of nitrogens with one attached hydrogen (secondary N) is 1. The molecule has 2 aromatic carbocycles. The summed E-state index contributed by atoms with van der Waals surface area (Å²) >= 11 is 0. The van der Waals surface area contributed by atoms with Gasteiger partial charge in [0.1, 0.15) is 0 Å². The molecular formula is C20H18F3N3O. The molecule has 1 aliphatic rings. The standard InChI is InChI=1S/C20H18F3N3O/c1-26-19(27)14-9-5-10-15(20(21,22)23)17(14)18(25-26)24-16-11-4-7-12-6-2-3-8-13(12)16/h2-3,5-6,8-10,16H,4,7,11H2,1H3,(H,24,25). The molecule has 0 fully saturated rings. The van der Waals surface area contributed by atoms with E-state index in [0.717, 1.165) is 35.6 Å². The summed E-state index contributed by atoms with van der Waals surface area (Å²) in [7, 11) is 1.45. The summed E-state index contributed by atoms with van der Waals surface area (Å²) in [6.07, 6.45) is -1.90. The molecule has 0 saturated heterocycles. The minimum absolute atomic E-state index is 0.00826. The van der Waals surface area contributed by atoms with Crippen molar-refractivity contribution in [3.05, 3.63) is 69.5 Å². The van der Waals surface area contributed by atoms with E-state index in [-0.39, 0.29) is 22.6 Å². The highest BCUT2D eigenvalue weighted by Gasteiger charge is 2.35. The van der Waals surface area contributed by atoms with Crippen molar-refractivity contribution < 1.29 is 13.2 Å². The molecule has 140 valence electrons. The zero-order valence-corrected chi connectivity index (χ0v) is 14.7. The number of hydrogen-bond acceptors (Lipinski definition) is 3. The van der Waals surface area contributed by atoms with Crippen molar-refractivity contribution in [2.45, 2.75) is 31.5 Å². The number of aryl methyl sites for hydroxylation is 2. The van der Waals surface area contributed by atoms with Gasteiger partial charge in [0.05, 0.1) is 17.0 Å². The second kappa shape index (κ2) is 6.40. The highest BCUT2D eigenvalue weighted by molar-refractivity contribution is 5.94. The van der Waals surface area contributed by atoms with Gasteiger partial charge < -0.3 is 5.32 Å². The maximum absolute atomic E-state index is 13.6. The molecule has 0 aliphatic heterocycles. The maximum Gasteiger partial charge on any atom is 0.417 e. The van der Waals surface area contributed by atoms with Crippen LogP contribution >= 0.6 is 0 Å². The zero-order valence-electron chi connectivity index (χ0n) is 14.7. The fourth-order valence-electron chi connectivity index (χ4n) is 3.81. The summed E-state index contributed by atoms with van der Waals surface area (Å²) in [5, 5.41) is 7.16. The number of halogens is 3. The molecule has 0 saturated carbocycles. The molecule has 7 heteroatoms. The zero-order chi connectivity index (χ0) is 19.2. The Labute approximate surface area is 153 Å². The summed E-state index contributed by atoms with van der Waals surface area (Å²) < 4.78 is 41.8. The Morgan fingerprint density at radius 3 is 2.70 bits per heavy atom. The third-order valence-corrected chi connectivity index (χ3v) is 5.06. The van der Waals surface area contributed by atoms with Gasteiger partial charge in [-0.1, -0.05) is 30.3 Å². The highest BCUT2D eigenvalue weighted by Crippen LogP contribution is 2.38. The van der Waals surface area contributed by atoms with Gasteiger partial charge in [0.15, 0.2) is 5.82 Å².